The molecule has 0 amide bonds. The molecule has 37 heavy (non-hydrogen) atoms. The molecule has 7 nitrogen and oxygen atoms in total. The number of cyclic esters (lactones) is 1. The van der Waals surface area contributed by atoms with E-state index in [0.717, 1.165) is 31.3 Å². The van der Waals surface area contributed by atoms with Crippen LogP contribution in [0.1, 0.15) is 58.8 Å². The van der Waals surface area contributed by atoms with E-state index >= 15 is 0 Å². The Morgan fingerprint density at radius 3 is 2.78 bits per heavy atom. The minimum atomic E-state index is -1.03. The highest BCUT2D eigenvalue weighted by molar-refractivity contribution is 5.82. The lowest BCUT2D eigenvalue weighted by atomic mass is 9.91. The fourth-order valence-corrected chi connectivity index (χ4v) is 5.45. The molecule has 204 valence electrons. The predicted octanol–water partition coefficient (Wildman–Crippen LogP) is 4.11. The Morgan fingerprint density at radius 2 is 1.97 bits per heavy atom. The van der Waals surface area contributed by atoms with Crippen molar-refractivity contribution in [3.8, 4) is 0 Å². The number of epoxide rings is 1. The molecule has 0 aromatic heterocycles. The third kappa shape index (κ3) is 8.76. The number of rotatable bonds is 3. The molecule has 0 aliphatic carbocycles. The van der Waals surface area contributed by atoms with E-state index in [9.17, 15) is 15.0 Å². The van der Waals surface area contributed by atoms with Gasteiger partial charge in [-0.25, -0.2) is 4.79 Å². The molecule has 0 spiro atoms. The molecule has 9 atom stereocenters. The molecule has 4 aliphatic heterocycles. The molecule has 4 rings (SSSR count). The summed E-state index contributed by atoms with van der Waals surface area (Å²) < 4.78 is 23.4. The summed E-state index contributed by atoms with van der Waals surface area (Å²) in [6.07, 6.45) is 14.3. The van der Waals surface area contributed by atoms with Gasteiger partial charge in [0.2, 0.25) is 0 Å². The fourth-order valence-electron chi connectivity index (χ4n) is 5.45. The zero-order valence-corrected chi connectivity index (χ0v) is 22.0. The summed E-state index contributed by atoms with van der Waals surface area (Å²) in [5.74, 6) is -0.141. The van der Waals surface area contributed by atoms with Crippen molar-refractivity contribution in [2.24, 2.45) is 5.92 Å². The van der Waals surface area contributed by atoms with Crippen LogP contribution in [0.15, 0.2) is 60.3 Å². The van der Waals surface area contributed by atoms with Gasteiger partial charge in [0.15, 0.2) is 0 Å². The number of ether oxygens (including phenoxy) is 4. The van der Waals surface area contributed by atoms with Gasteiger partial charge in [0, 0.05) is 12.5 Å². The van der Waals surface area contributed by atoms with Crippen LogP contribution < -0.4 is 0 Å². The van der Waals surface area contributed by atoms with Gasteiger partial charge < -0.3 is 29.2 Å². The van der Waals surface area contributed by atoms with E-state index in [-0.39, 0.29) is 36.9 Å². The molecular weight excluding hydrogens is 472 g/mol. The maximum Gasteiger partial charge on any atom is 0.330 e. The second kappa shape index (κ2) is 13.2. The van der Waals surface area contributed by atoms with E-state index in [4.69, 9.17) is 18.9 Å². The SMILES string of the molecule is C=C1C[C@H](C)C[C@@H]2CC=C[C@@H](CC=CC(=O)O[C@H]([C@@H](O)C=C[C@@H]3CC(C)=CCO3)C[C@@H]3O[C@@H]3[C@@H](O)C1)O2. The number of hydrogen-bond donors (Lipinski definition) is 2. The van der Waals surface area contributed by atoms with Crippen molar-refractivity contribution in [2.75, 3.05) is 6.61 Å². The lowest BCUT2D eigenvalue weighted by molar-refractivity contribution is -0.148. The zero-order valence-electron chi connectivity index (χ0n) is 22.0. The lowest BCUT2D eigenvalue weighted by Crippen LogP contribution is -2.32. The zero-order chi connectivity index (χ0) is 26.4. The van der Waals surface area contributed by atoms with Crippen LogP contribution in [-0.4, -0.2) is 71.6 Å². The van der Waals surface area contributed by atoms with E-state index in [1.807, 2.05) is 18.2 Å². The molecular formula is C30H42O7. The van der Waals surface area contributed by atoms with Crippen LogP contribution >= 0.6 is 0 Å². The van der Waals surface area contributed by atoms with Crippen LogP contribution in [-0.2, 0) is 23.7 Å². The highest BCUT2D eigenvalue weighted by Gasteiger charge is 2.46. The monoisotopic (exact) mass is 514 g/mol. The third-order valence-electron chi connectivity index (χ3n) is 7.44. The van der Waals surface area contributed by atoms with Crippen molar-refractivity contribution < 1.29 is 34.0 Å². The number of aliphatic hydroxyl groups excluding tert-OH is 2. The normalized spacial score (nSPS) is 38.8. The number of aliphatic hydroxyl groups is 2. The first-order valence-electron chi connectivity index (χ1n) is 13.6. The van der Waals surface area contributed by atoms with E-state index in [2.05, 4.69) is 26.5 Å². The van der Waals surface area contributed by atoms with Crippen molar-refractivity contribution >= 4 is 5.97 Å². The Bertz CT molecular complexity index is 919. The molecule has 1 fully saturated rings. The first-order valence-corrected chi connectivity index (χ1v) is 13.6. The second-order valence-electron chi connectivity index (χ2n) is 11.0. The molecule has 4 aliphatic rings. The fraction of sp³-hybridized carbons (Fsp3) is 0.633. The van der Waals surface area contributed by atoms with Crippen molar-refractivity contribution in [1.82, 2.24) is 0 Å². The Morgan fingerprint density at radius 1 is 1.14 bits per heavy atom. The van der Waals surface area contributed by atoms with Gasteiger partial charge in [-0.05, 0) is 51.4 Å². The van der Waals surface area contributed by atoms with Crippen LogP contribution in [0.2, 0.25) is 0 Å². The summed E-state index contributed by atoms with van der Waals surface area (Å²) in [4.78, 5) is 12.6. The summed E-state index contributed by atoms with van der Waals surface area (Å²) in [6.45, 7) is 8.98. The Balaban J connectivity index is 1.44. The summed E-state index contributed by atoms with van der Waals surface area (Å²) >= 11 is 0. The number of fused-ring (bicyclic) bond motifs is 3. The van der Waals surface area contributed by atoms with E-state index < -0.39 is 24.3 Å². The van der Waals surface area contributed by atoms with Gasteiger partial charge in [0.1, 0.15) is 18.3 Å². The van der Waals surface area contributed by atoms with Crippen LogP contribution in [0.5, 0.6) is 0 Å². The van der Waals surface area contributed by atoms with Gasteiger partial charge in [-0.1, -0.05) is 61.1 Å². The van der Waals surface area contributed by atoms with Crippen molar-refractivity contribution in [3.05, 3.63) is 60.3 Å². The molecule has 0 unspecified atom stereocenters. The smallest absolute Gasteiger partial charge is 0.330 e. The summed E-state index contributed by atoms with van der Waals surface area (Å²) in [6, 6.07) is 0. The maximum atomic E-state index is 12.6. The van der Waals surface area contributed by atoms with Crippen LogP contribution in [0, 0.1) is 5.92 Å². The molecule has 2 N–H and O–H groups in total. The molecule has 0 aromatic rings. The maximum absolute atomic E-state index is 12.6. The molecule has 0 saturated carbocycles. The highest BCUT2D eigenvalue weighted by Crippen LogP contribution is 2.35. The number of carbonyl (C=O) groups is 1. The third-order valence-corrected chi connectivity index (χ3v) is 7.44. The van der Waals surface area contributed by atoms with Gasteiger partial charge in [-0.2, -0.15) is 0 Å². The van der Waals surface area contributed by atoms with Crippen molar-refractivity contribution in [1.29, 1.82) is 0 Å². The predicted molar refractivity (Wildman–Crippen MR) is 141 cm³/mol. The molecule has 0 radical (unpaired) electrons. The van der Waals surface area contributed by atoms with E-state index in [1.54, 1.807) is 12.2 Å². The van der Waals surface area contributed by atoms with Crippen LogP contribution in [0.3, 0.4) is 0 Å². The summed E-state index contributed by atoms with van der Waals surface area (Å²) in [7, 11) is 0. The van der Waals surface area contributed by atoms with Crippen LogP contribution in [0.25, 0.3) is 0 Å². The van der Waals surface area contributed by atoms with Crippen molar-refractivity contribution in [2.45, 2.75) is 108 Å². The number of hydrogen-bond acceptors (Lipinski definition) is 7. The van der Waals surface area contributed by atoms with Crippen molar-refractivity contribution in [3.63, 3.8) is 0 Å². The van der Waals surface area contributed by atoms with Gasteiger partial charge in [0.05, 0.1) is 37.1 Å². The summed E-state index contributed by atoms with van der Waals surface area (Å²) in [5.41, 5.74) is 2.23. The quantitative estimate of drug-likeness (QED) is 0.332. The van der Waals surface area contributed by atoms with Gasteiger partial charge >= 0.3 is 5.97 Å². The number of esters is 1. The Labute approximate surface area is 220 Å². The highest BCUT2D eigenvalue weighted by atomic mass is 16.6. The molecule has 4 heterocycles. The standard InChI is InChI=1S/C30H42O7/c1-19-12-13-34-23(15-19)10-11-25(31)27-18-28-30(37-28)26(32)17-21(3)14-20(2)16-24-8-4-6-22(35-24)7-5-9-29(33)36-27/h4-6,9-12,20,22-28,30-32H,3,7-8,13-18H2,1-2H3/t20-,22-,23+,24-,25-,26-,27-,28-,30+/m0/s1. The van der Waals surface area contributed by atoms with Gasteiger partial charge in [0.25, 0.3) is 0 Å². The first-order chi connectivity index (χ1) is 17.8. The largest absolute Gasteiger partial charge is 0.456 e. The average Bonchev–Trinajstić information content (AvgIpc) is 3.61. The molecule has 2 bridgehead atoms. The topological polar surface area (TPSA) is 97.8 Å². The second-order valence-corrected chi connectivity index (χ2v) is 11.0. The minimum Gasteiger partial charge on any atom is -0.456 e. The van der Waals surface area contributed by atoms with Gasteiger partial charge in [-0.15, -0.1) is 0 Å². The minimum absolute atomic E-state index is 0.0863. The molecule has 1 saturated heterocycles. The Kier molecular flexibility index (Phi) is 9.96. The van der Waals surface area contributed by atoms with E-state index in [1.165, 1.54) is 11.6 Å². The number of carbonyl (C=O) groups excluding carboxylic acids is 1. The average molecular weight is 515 g/mol. The molecule has 0 aromatic carbocycles. The van der Waals surface area contributed by atoms with Gasteiger partial charge in [-0.3, -0.25) is 0 Å². The lowest BCUT2D eigenvalue weighted by Gasteiger charge is -2.28. The Hall–Kier alpha value is -2.03. The molecule has 7 heteroatoms. The van der Waals surface area contributed by atoms with E-state index in [0.29, 0.717) is 25.4 Å². The summed E-state index contributed by atoms with van der Waals surface area (Å²) in [5, 5.41) is 21.7. The first kappa shape index (κ1) is 28.0. The van der Waals surface area contributed by atoms with Crippen LogP contribution in [0.4, 0.5) is 0 Å².